The lowest BCUT2D eigenvalue weighted by atomic mass is 10.1. The van der Waals surface area contributed by atoms with E-state index in [-0.39, 0.29) is 6.03 Å². The van der Waals surface area contributed by atoms with Gasteiger partial charge in [0.05, 0.1) is 0 Å². The summed E-state index contributed by atoms with van der Waals surface area (Å²) in [4.78, 5) is 16.3. The van der Waals surface area contributed by atoms with E-state index in [2.05, 4.69) is 5.32 Å². The van der Waals surface area contributed by atoms with Crippen molar-refractivity contribution in [1.82, 2.24) is 15.1 Å². The van der Waals surface area contributed by atoms with Gasteiger partial charge in [0.15, 0.2) is 0 Å². The quantitative estimate of drug-likeness (QED) is 0.706. The van der Waals surface area contributed by atoms with E-state index < -0.39 is 0 Å². The van der Waals surface area contributed by atoms with Crippen LogP contribution in [0.5, 0.6) is 0 Å². The van der Waals surface area contributed by atoms with Crippen molar-refractivity contribution in [3.8, 4) is 0 Å². The Morgan fingerprint density at radius 2 is 1.71 bits per heavy atom. The third kappa shape index (κ3) is 3.35. The fourth-order valence-corrected chi connectivity index (χ4v) is 2.88. The molecule has 1 heterocycles. The molecule has 0 atom stereocenters. The van der Waals surface area contributed by atoms with Crippen LogP contribution in [-0.4, -0.2) is 55.1 Å². The summed E-state index contributed by atoms with van der Waals surface area (Å²) in [6.07, 6.45) is 7.62. The summed E-state index contributed by atoms with van der Waals surface area (Å²) in [7, 11) is 1.99. The highest BCUT2D eigenvalue weighted by Gasteiger charge is 2.25. The second-order valence-corrected chi connectivity index (χ2v) is 5.28. The molecule has 2 fully saturated rings. The van der Waals surface area contributed by atoms with Gasteiger partial charge in [-0.1, -0.05) is 25.7 Å². The molecule has 1 aliphatic heterocycles. The topological polar surface area (TPSA) is 35.6 Å². The Labute approximate surface area is 104 Å². The van der Waals surface area contributed by atoms with Gasteiger partial charge in [0.1, 0.15) is 0 Å². The molecule has 0 aromatic rings. The molecular weight excluding hydrogens is 214 g/mol. The fraction of sp³-hybridized carbons (Fsp3) is 0.923. The van der Waals surface area contributed by atoms with Gasteiger partial charge in [0, 0.05) is 39.3 Å². The fourth-order valence-electron chi connectivity index (χ4n) is 2.88. The maximum atomic E-state index is 12.3. The molecule has 17 heavy (non-hydrogen) atoms. The third-order valence-corrected chi connectivity index (χ3v) is 4.06. The molecule has 1 saturated carbocycles. The summed E-state index contributed by atoms with van der Waals surface area (Å²) < 4.78 is 0. The normalized spacial score (nSPS) is 23.2. The number of piperazine rings is 1. The standard InChI is InChI=1S/C13H25N3O/c1-15(12-6-4-2-3-5-7-12)13(17)16-10-8-14-9-11-16/h12,14H,2-11H2,1H3. The SMILES string of the molecule is CN(C(=O)N1CCNCC1)C1CCCCCC1. The highest BCUT2D eigenvalue weighted by Crippen LogP contribution is 2.21. The highest BCUT2D eigenvalue weighted by molar-refractivity contribution is 5.74. The van der Waals surface area contributed by atoms with Crippen LogP contribution in [0.4, 0.5) is 4.79 Å². The lowest BCUT2D eigenvalue weighted by molar-refractivity contribution is 0.136. The Morgan fingerprint density at radius 1 is 1.12 bits per heavy atom. The average molecular weight is 239 g/mol. The van der Waals surface area contributed by atoms with Gasteiger partial charge in [-0.2, -0.15) is 0 Å². The number of rotatable bonds is 1. The predicted molar refractivity (Wildman–Crippen MR) is 69.1 cm³/mol. The molecule has 0 radical (unpaired) electrons. The zero-order chi connectivity index (χ0) is 12.1. The number of hydrogen-bond donors (Lipinski definition) is 1. The molecule has 0 unspecified atom stereocenters. The molecule has 1 N–H and O–H groups in total. The van der Waals surface area contributed by atoms with Crippen LogP contribution in [0, 0.1) is 0 Å². The van der Waals surface area contributed by atoms with Gasteiger partial charge in [0.25, 0.3) is 0 Å². The minimum atomic E-state index is 0.235. The van der Waals surface area contributed by atoms with Crippen LogP contribution in [0.25, 0.3) is 0 Å². The van der Waals surface area contributed by atoms with Gasteiger partial charge in [-0.15, -0.1) is 0 Å². The number of carbonyl (C=O) groups is 1. The Kier molecular flexibility index (Phi) is 4.66. The maximum absolute atomic E-state index is 12.3. The van der Waals surface area contributed by atoms with Crippen molar-refractivity contribution in [2.24, 2.45) is 0 Å². The van der Waals surface area contributed by atoms with Crippen molar-refractivity contribution in [3.63, 3.8) is 0 Å². The van der Waals surface area contributed by atoms with Crippen LogP contribution in [0.3, 0.4) is 0 Å². The van der Waals surface area contributed by atoms with Crippen LogP contribution in [0.1, 0.15) is 38.5 Å². The second-order valence-electron chi connectivity index (χ2n) is 5.28. The molecule has 4 nitrogen and oxygen atoms in total. The molecule has 2 rings (SSSR count). The molecule has 98 valence electrons. The Hall–Kier alpha value is -0.770. The summed E-state index contributed by atoms with van der Waals surface area (Å²) in [6.45, 7) is 3.58. The van der Waals surface area contributed by atoms with E-state index in [1.807, 2.05) is 16.8 Å². The van der Waals surface area contributed by atoms with Crippen molar-refractivity contribution in [1.29, 1.82) is 0 Å². The van der Waals surface area contributed by atoms with E-state index in [1.165, 1.54) is 38.5 Å². The van der Waals surface area contributed by atoms with Crippen LogP contribution >= 0.6 is 0 Å². The first-order chi connectivity index (χ1) is 8.29. The molecular formula is C13H25N3O. The van der Waals surface area contributed by atoms with E-state index in [0.29, 0.717) is 6.04 Å². The van der Waals surface area contributed by atoms with Gasteiger partial charge < -0.3 is 15.1 Å². The zero-order valence-electron chi connectivity index (χ0n) is 11.0. The molecule has 0 aromatic heterocycles. The Morgan fingerprint density at radius 3 is 2.29 bits per heavy atom. The molecule has 1 aliphatic carbocycles. The Balaban J connectivity index is 1.88. The summed E-state index contributed by atoms with van der Waals surface area (Å²) in [5.74, 6) is 0. The van der Waals surface area contributed by atoms with Crippen molar-refractivity contribution in [2.75, 3.05) is 33.2 Å². The first-order valence-electron chi connectivity index (χ1n) is 7.01. The first-order valence-corrected chi connectivity index (χ1v) is 7.01. The number of urea groups is 1. The summed E-state index contributed by atoms with van der Waals surface area (Å²) in [6, 6.07) is 0.707. The van der Waals surface area contributed by atoms with E-state index in [0.717, 1.165) is 26.2 Å². The number of hydrogen-bond acceptors (Lipinski definition) is 2. The van der Waals surface area contributed by atoms with E-state index in [1.54, 1.807) is 0 Å². The average Bonchev–Trinajstić information content (AvgIpc) is 2.67. The number of nitrogens with zero attached hydrogens (tertiary/aromatic N) is 2. The molecule has 0 bridgehead atoms. The number of carbonyl (C=O) groups excluding carboxylic acids is 1. The monoisotopic (exact) mass is 239 g/mol. The molecule has 4 heteroatoms. The van der Waals surface area contributed by atoms with Gasteiger partial charge in [0.2, 0.25) is 0 Å². The van der Waals surface area contributed by atoms with Crippen LogP contribution in [0.15, 0.2) is 0 Å². The zero-order valence-corrected chi connectivity index (χ0v) is 11.0. The molecule has 0 aromatic carbocycles. The van der Waals surface area contributed by atoms with Gasteiger partial charge in [-0.3, -0.25) is 0 Å². The van der Waals surface area contributed by atoms with Crippen LogP contribution in [0.2, 0.25) is 0 Å². The van der Waals surface area contributed by atoms with Crippen LogP contribution in [-0.2, 0) is 0 Å². The predicted octanol–water partition coefficient (Wildman–Crippen LogP) is 1.67. The molecule has 2 aliphatic rings. The van der Waals surface area contributed by atoms with E-state index in [9.17, 15) is 4.79 Å². The highest BCUT2D eigenvalue weighted by atomic mass is 16.2. The number of nitrogens with one attached hydrogen (secondary N) is 1. The van der Waals surface area contributed by atoms with Crippen molar-refractivity contribution >= 4 is 6.03 Å². The summed E-state index contributed by atoms with van der Waals surface area (Å²) in [5.41, 5.74) is 0. The van der Waals surface area contributed by atoms with Crippen molar-refractivity contribution in [3.05, 3.63) is 0 Å². The van der Waals surface area contributed by atoms with Crippen molar-refractivity contribution < 1.29 is 4.79 Å². The summed E-state index contributed by atoms with van der Waals surface area (Å²) in [5, 5.41) is 3.29. The second kappa shape index (κ2) is 6.24. The molecule has 0 spiro atoms. The first kappa shape index (κ1) is 12.7. The number of amides is 2. The van der Waals surface area contributed by atoms with Gasteiger partial charge in [-0.25, -0.2) is 4.79 Å². The van der Waals surface area contributed by atoms with Crippen molar-refractivity contribution in [2.45, 2.75) is 44.6 Å². The molecule has 1 saturated heterocycles. The largest absolute Gasteiger partial charge is 0.325 e. The van der Waals surface area contributed by atoms with Gasteiger partial charge in [-0.05, 0) is 12.8 Å². The molecule has 2 amide bonds. The van der Waals surface area contributed by atoms with E-state index >= 15 is 0 Å². The lowest BCUT2D eigenvalue weighted by Crippen LogP contribution is -2.52. The minimum absolute atomic E-state index is 0.235. The smallest absolute Gasteiger partial charge is 0.320 e. The lowest BCUT2D eigenvalue weighted by Gasteiger charge is -2.35. The maximum Gasteiger partial charge on any atom is 0.320 e. The third-order valence-electron chi connectivity index (χ3n) is 4.06. The minimum Gasteiger partial charge on any atom is -0.325 e. The van der Waals surface area contributed by atoms with Crippen LogP contribution < -0.4 is 5.32 Å². The van der Waals surface area contributed by atoms with Gasteiger partial charge >= 0.3 is 6.03 Å². The Bertz CT molecular complexity index is 243. The van der Waals surface area contributed by atoms with E-state index in [4.69, 9.17) is 0 Å². The summed E-state index contributed by atoms with van der Waals surface area (Å²) >= 11 is 0.